The van der Waals surface area contributed by atoms with Crippen molar-refractivity contribution in [2.24, 2.45) is 0 Å². The van der Waals surface area contributed by atoms with Crippen LogP contribution in [0.2, 0.25) is 5.02 Å². The van der Waals surface area contributed by atoms with E-state index in [2.05, 4.69) is 17.0 Å². The number of piperidine rings is 2. The molecule has 4 rings (SSSR count). The molecule has 2 saturated heterocycles. The van der Waals surface area contributed by atoms with E-state index in [1.54, 1.807) is 7.11 Å². The maximum atomic E-state index is 13.3. The Labute approximate surface area is 178 Å². The molecule has 0 aromatic heterocycles. The molecule has 0 spiro atoms. The predicted molar refractivity (Wildman–Crippen MR) is 116 cm³/mol. The zero-order chi connectivity index (χ0) is 20.2. The Bertz CT molecular complexity index is 822. The maximum absolute atomic E-state index is 13.3. The summed E-state index contributed by atoms with van der Waals surface area (Å²) in [5.74, 6) is 1.65. The molecule has 0 N–H and O–H groups in total. The zero-order valence-electron chi connectivity index (χ0n) is 17.0. The molecule has 5 heteroatoms. The summed E-state index contributed by atoms with van der Waals surface area (Å²) < 4.78 is 5.29. The van der Waals surface area contributed by atoms with E-state index < -0.39 is 0 Å². The second-order valence-electron chi connectivity index (χ2n) is 8.15. The molecule has 1 amide bonds. The molecular weight excluding hydrogens is 384 g/mol. The van der Waals surface area contributed by atoms with Crippen molar-refractivity contribution < 1.29 is 9.53 Å². The van der Waals surface area contributed by atoms with Gasteiger partial charge in [-0.1, -0.05) is 35.9 Å². The second kappa shape index (κ2) is 9.19. The van der Waals surface area contributed by atoms with Crippen LogP contribution in [-0.4, -0.2) is 48.5 Å². The smallest absolute Gasteiger partial charge is 0.240 e. The minimum Gasteiger partial charge on any atom is -0.497 e. The summed E-state index contributed by atoms with van der Waals surface area (Å²) >= 11 is 5.99. The van der Waals surface area contributed by atoms with Gasteiger partial charge >= 0.3 is 0 Å². The van der Waals surface area contributed by atoms with Crippen molar-refractivity contribution in [2.45, 2.75) is 44.2 Å². The Hall–Kier alpha value is -2.04. The van der Waals surface area contributed by atoms with E-state index >= 15 is 0 Å². The van der Waals surface area contributed by atoms with E-state index in [1.165, 1.54) is 12.0 Å². The molecule has 2 unspecified atom stereocenters. The molecule has 2 heterocycles. The first-order chi connectivity index (χ1) is 14.1. The fourth-order valence-electron chi connectivity index (χ4n) is 4.66. The van der Waals surface area contributed by atoms with E-state index in [0.29, 0.717) is 12.5 Å². The summed E-state index contributed by atoms with van der Waals surface area (Å²) in [6.07, 6.45) is 4.34. The number of hydrogen-bond acceptors (Lipinski definition) is 3. The van der Waals surface area contributed by atoms with Gasteiger partial charge in [0.1, 0.15) is 5.75 Å². The summed E-state index contributed by atoms with van der Waals surface area (Å²) in [6, 6.07) is 16.2. The number of likely N-dealkylation sites (tertiary alicyclic amines) is 2. The maximum Gasteiger partial charge on any atom is 0.240 e. The third-order valence-electron chi connectivity index (χ3n) is 6.27. The van der Waals surface area contributed by atoms with Crippen LogP contribution in [0, 0.1) is 0 Å². The minimum absolute atomic E-state index is 0.0112. The number of nitrogens with zero attached hydrogens (tertiary/aromatic N) is 2. The molecule has 2 aliphatic heterocycles. The van der Waals surface area contributed by atoms with Crippen LogP contribution in [-0.2, 0) is 11.3 Å². The normalized spacial score (nSPS) is 23.2. The van der Waals surface area contributed by atoms with Gasteiger partial charge in [0.25, 0.3) is 0 Å². The lowest BCUT2D eigenvalue weighted by Crippen LogP contribution is -2.54. The first-order valence-corrected chi connectivity index (χ1v) is 10.9. The lowest BCUT2D eigenvalue weighted by Gasteiger charge is -2.42. The number of carbonyl (C=O) groups is 1. The number of hydrogen-bond donors (Lipinski definition) is 0. The quantitative estimate of drug-likeness (QED) is 0.712. The van der Waals surface area contributed by atoms with Gasteiger partial charge in [-0.15, -0.1) is 0 Å². The molecule has 2 aromatic carbocycles. The van der Waals surface area contributed by atoms with Crippen LogP contribution in [0.25, 0.3) is 0 Å². The minimum atomic E-state index is 0.0112. The summed E-state index contributed by atoms with van der Waals surface area (Å²) in [7, 11) is 1.70. The lowest BCUT2D eigenvalue weighted by atomic mass is 9.88. The van der Waals surface area contributed by atoms with E-state index in [9.17, 15) is 4.79 Å². The average molecular weight is 413 g/mol. The first-order valence-electron chi connectivity index (χ1n) is 10.6. The Morgan fingerprint density at radius 3 is 2.45 bits per heavy atom. The molecule has 2 fully saturated rings. The highest BCUT2D eigenvalue weighted by Crippen LogP contribution is 2.31. The average Bonchev–Trinajstić information content (AvgIpc) is 2.77. The Morgan fingerprint density at radius 1 is 1.00 bits per heavy atom. The van der Waals surface area contributed by atoms with Gasteiger partial charge in [0.05, 0.1) is 13.2 Å². The lowest BCUT2D eigenvalue weighted by molar-refractivity contribution is -0.141. The number of benzene rings is 2. The van der Waals surface area contributed by atoms with E-state index in [1.807, 2.05) is 41.3 Å². The van der Waals surface area contributed by atoms with Gasteiger partial charge in [-0.05, 0) is 73.5 Å². The second-order valence-corrected chi connectivity index (χ2v) is 8.59. The number of methoxy groups -OCH3 is 1. The zero-order valence-corrected chi connectivity index (χ0v) is 17.8. The van der Waals surface area contributed by atoms with E-state index in [4.69, 9.17) is 16.3 Å². The molecule has 0 radical (unpaired) electrons. The molecule has 0 saturated carbocycles. The standard InChI is InChI=1S/C24H29ClN2O2/c1-29-22-12-8-19(9-13-22)20-4-2-14-26(17-20)23-5-3-15-27(24(23)28)16-18-6-10-21(25)11-7-18/h6-13,20,23H,2-5,14-17H2,1H3. The van der Waals surface area contributed by atoms with Crippen LogP contribution in [0.5, 0.6) is 5.75 Å². The molecule has 0 aliphatic carbocycles. The van der Waals surface area contributed by atoms with Crippen molar-refractivity contribution in [3.8, 4) is 5.75 Å². The topological polar surface area (TPSA) is 32.8 Å². The summed E-state index contributed by atoms with van der Waals surface area (Å²) in [6.45, 7) is 3.48. The first kappa shape index (κ1) is 20.2. The Kier molecular flexibility index (Phi) is 6.41. The molecule has 29 heavy (non-hydrogen) atoms. The molecule has 2 aromatic rings. The summed E-state index contributed by atoms with van der Waals surface area (Å²) in [5, 5.41) is 0.731. The molecule has 2 aliphatic rings. The number of carbonyl (C=O) groups excluding carboxylic acids is 1. The van der Waals surface area contributed by atoms with Gasteiger partial charge in [-0.3, -0.25) is 9.69 Å². The summed E-state index contributed by atoms with van der Waals surface area (Å²) in [4.78, 5) is 17.7. The van der Waals surface area contributed by atoms with Gasteiger partial charge in [-0.25, -0.2) is 0 Å². The van der Waals surface area contributed by atoms with Crippen molar-refractivity contribution >= 4 is 17.5 Å². The van der Waals surface area contributed by atoms with Gasteiger partial charge in [0, 0.05) is 24.7 Å². The monoisotopic (exact) mass is 412 g/mol. The highest BCUT2D eigenvalue weighted by atomic mass is 35.5. The highest BCUT2D eigenvalue weighted by molar-refractivity contribution is 6.30. The number of rotatable bonds is 5. The number of ether oxygens (including phenoxy) is 1. The van der Waals surface area contributed by atoms with Crippen molar-refractivity contribution in [3.63, 3.8) is 0 Å². The molecular formula is C24H29ClN2O2. The van der Waals surface area contributed by atoms with Crippen molar-refractivity contribution in [2.75, 3.05) is 26.7 Å². The van der Waals surface area contributed by atoms with Gasteiger partial charge < -0.3 is 9.64 Å². The van der Waals surface area contributed by atoms with Crippen LogP contribution in [0.4, 0.5) is 0 Å². The third kappa shape index (κ3) is 4.76. The van der Waals surface area contributed by atoms with Gasteiger partial charge in [0.2, 0.25) is 5.91 Å². The molecule has 2 atom stereocenters. The van der Waals surface area contributed by atoms with Crippen LogP contribution in [0.1, 0.15) is 42.7 Å². The fraction of sp³-hybridized carbons (Fsp3) is 0.458. The van der Waals surface area contributed by atoms with Gasteiger partial charge in [-0.2, -0.15) is 0 Å². The van der Waals surface area contributed by atoms with E-state index in [-0.39, 0.29) is 11.9 Å². The highest BCUT2D eigenvalue weighted by Gasteiger charge is 2.35. The van der Waals surface area contributed by atoms with Crippen molar-refractivity contribution in [1.29, 1.82) is 0 Å². The van der Waals surface area contributed by atoms with Crippen LogP contribution in [0.15, 0.2) is 48.5 Å². The number of amides is 1. The van der Waals surface area contributed by atoms with Crippen LogP contribution in [0.3, 0.4) is 0 Å². The Balaban J connectivity index is 1.42. The Morgan fingerprint density at radius 2 is 1.72 bits per heavy atom. The predicted octanol–water partition coefficient (Wildman–Crippen LogP) is 4.72. The molecule has 154 valence electrons. The van der Waals surface area contributed by atoms with E-state index in [0.717, 1.165) is 55.2 Å². The van der Waals surface area contributed by atoms with Crippen LogP contribution >= 0.6 is 11.6 Å². The van der Waals surface area contributed by atoms with Crippen molar-refractivity contribution in [1.82, 2.24) is 9.80 Å². The summed E-state index contributed by atoms with van der Waals surface area (Å²) in [5.41, 5.74) is 2.48. The van der Waals surface area contributed by atoms with Crippen molar-refractivity contribution in [3.05, 3.63) is 64.7 Å². The third-order valence-corrected chi connectivity index (χ3v) is 6.52. The van der Waals surface area contributed by atoms with Gasteiger partial charge in [0.15, 0.2) is 0 Å². The molecule has 0 bridgehead atoms. The largest absolute Gasteiger partial charge is 0.497 e. The SMILES string of the molecule is COc1ccc(C2CCCN(C3CCCN(Cc4ccc(Cl)cc4)C3=O)C2)cc1. The molecule has 4 nitrogen and oxygen atoms in total. The fourth-order valence-corrected chi connectivity index (χ4v) is 4.79. The number of halogens is 1. The van der Waals surface area contributed by atoms with Crippen LogP contribution < -0.4 is 4.74 Å².